The van der Waals surface area contributed by atoms with E-state index < -0.39 is 0 Å². The van der Waals surface area contributed by atoms with Crippen LogP contribution in [0, 0.1) is 11.3 Å². The van der Waals surface area contributed by atoms with E-state index in [4.69, 9.17) is 0 Å². The summed E-state index contributed by atoms with van der Waals surface area (Å²) in [5, 5.41) is 0. The average molecular weight is 140 g/mol. The van der Waals surface area contributed by atoms with Crippen LogP contribution in [0.2, 0.25) is 0 Å². The van der Waals surface area contributed by atoms with Crippen molar-refractivity contribution in [1.29, 1.82) is 0 Å². The molecule has 1 nitrogen and oxygen atoms in total. The van der Waals surface area contributed by atoms with Gasteiger partial charge in [-0.15, -0.1) is 6.58 Å². The lowest BCUT2D eigenvalue weighted by Crippen LogP contribution is -2.24. The zero-order valence-corrected chi connectivity index (χ0v) is 7.27. The zero-order chi connectivity index (χ0) is 8.36. The van der Waals surface area contributed by atoms with Crippen LogP contribution in [-0.4, -0.2) is 5.78 Å². The predicted octanol–water partition coefficient (Wildman–Crippen LogP) is 2.42. The lowest BCUT2D eigenvalue weighted by atomic mass is 9.78. The van der Waals surface area contributed by atoms with Gasteiger partial charge in [-0.25, -0.2) is 0 Å². The third-order valence-corrected chi connectivity index (χ3v) is 2.25. The lowest BCUT2D eigenvalue weighted by molar-refractivity contribution is -0.122. The summed E-state index contributed by atoms with van der Waals surface area (Å²) in [6, 6.07) is 0. The van der Waals surface area contributed by atoms with E-state index >= 15 is 0 Å². The SMILES string of the molecule is C=CC(C)(C)C(C)C(C)=O. The number of carbonyl (C=O) groups is 1. The first-order valence-electron chi connectivity index (χ1n) is 3.56. The molecule has 0 bridgehead atoms. The summed E-state index contributed by atoms with van der Waals surface area (Å²) < 4.78 is 0. The van der Waals surface area contributed by atoms with Crippen LogP contribution >= 0.6 is 0 Å². The van der Waals surface area contributed by atoms with Gasteiger partial charge in [0.2, 0.25) is 0 Å². The van der Waals surface area contributed by atoms with Gasteiger partial charge in [-0.1, -0.05) is 26.8 Å². The fraction of sp³-hybridized carbons (Fsp3) is 0.667. The number of ketones is 1. The third kappa shape index (κ3) is 1.98. The minimum atomic E-state index is -0.0637. The Morgan fingerprint density at radius 2 is 2.00 bits per heavy atom. The molecule has 0 spiro atoms. The molecular formula is C9H16O. The van der Waals surface area contributed by atoms with Gasteiger partial charge in [0, 0.05) is 5.92 Å². The van der Waals surface area contributed by atoms with E-state index in [9.17, 15) is 4.79 Å². The highest BCUT2D eigenvalue weighted by Crippen LogP contribution is 2.27. The molecule has 0 saturated carbocycles. The highest BCUT2D eigenvalue weighted by atomic mass is 16.1. The van der Waals surface area contributed by atoms with Gasteiger partial charge in [0.15, 0.2) is 0 Å². The van der Waals surface area contributed by atoms with E-state index in [1.165, 1.54) is 0 Å². The average Bonchev–Trinajstić information content (AvgIpc) is 1.86. The van der Waals surface area contributed by atoms with Crippen molar-refractivity contribution in [3.63, 3.8) is 0 Å². The number of rotatable bonds is 3. The first kappa shape index (κ1) is 9.41. The minimum absolute atomic E-state index is 0.0637. The molecule has 0 saturated heterocycles. The Labute approximate surface area is 63.1 Å². The van der Waals surface area contributed by atoms with Crippen LogP contribution in [0.15, 0.2) is 12.7 Å². The monoisotopic (exact) mass is 140 g/mol. The summed E-state index contributed by atoms with van der Waals surface area (Å²) in [4.78, 5) is 10.9. The van der Waals surface area contributed by atoms with Crippen molar-refractivity contribution >= 4 is 5.78 Å². The first-order chi connectivity index (χ1) is 4.41. The van der Waals surface area contributed by atoms with Gasteiger partial charge >= 0.3 is 0 Å². The van der Waals surface area contributed by atoms with Crippen molar-refractivity contribution in [3.05, 3.63) is 12.7 Å². The van der Waals surface area contributed by atoms with E-state index in [0.717, 1.165) is 0 Å². The third-order valence-electron chi connectivity index (χ3n) is 2.25. The first-order valence-corrected chi connectivity index (χ1v) is 3.56. The molecule has 0 N–H and O–H groups in total. The van der Waals surface area contributed by atoms with Crippen molar-refractivity contribution < 1.29 is 4.79 Å². The van der Waals surface area contributed by atoms with Gasteiger partial charge in [0.05, 0.1) is 0 Å². The second-order valence-electron chi connectivity index (χ2n) is 3.36. The second kappa shape index (κ2) is 3.00. The van der Waals surface area contributed by atoms with E-state index in [-0.39, 0.29) is 17.1 Å². The maximum atomic E-state index is 10.9. The van der Waals surface area contributed by atoms with Crippen molar-refractivity contribution in [2.24, 2.45) is 11.3 Å². The lowest BCUT2D eigenvalue weighted by Gasteiger charge is -2.25. The fourth-order valence-corrected chi connectivity index (χ4v) is 0.701. The quantitative estimate of drug-likeness (QED) is 0.550. The van der Waals surface area contributed by atoms with Gasteiger partial charge < -0.3 is 0 Å². The van der Waals surface area contributed by atoms with E-state index in [1.807, 2.05) is 26.8 Å². The van der Waals surface area contributed by atoms with Crippen LogP contribution in [0.3, 0.4) is 0 Å². The van der Waals surface area contributed by atoms with E-state index in [1.54, 1.807) is 6.92 Å². The maximum absolute atomic E-state index is 10.9. The summed E-state index contributed by atoms with van der Waals surface area (Å²) in [7, 11) is 0. The molecule has 0 aliphatic carbocycles. The highest BCUT2D eigenvalue weighted by Gasteiger charge is 2.25. The van der Waals surface area contributed by atoms with Crippen LogP contribution < -0.4 is 0 Å². The van der Waals surface area contributed by atoms with Gasteiger partial charge in [-0.2, -0.15) is 0 Å². The molecule has 0 aliphatic rings. The molecule has 0 aromatic rings. The summed E-state index contributed by atoms with van der Waals surface area (Å²) in [5.74, 6) is 0.301. The van der Waals surface area contributed by atoms with Crippen molar-refractivity contribution in [1.82, 2.24) is 0 Å². The Balaban J connectivity index is 4.31. The Hall–Kier alpha value is -0.590. The van der Waals surface area contributed by atoms with Gasteiger partial charge in [-0.3, -0.25) is 4.79 Å². The van der Waals surface area contributed by atoms with Crippen molar-refractivity contribution in [3.8, 4) is 0 Å². The number of carbonyl (C=O) groups excluding carboxylic acids is 1. The Morgan fingerprint density at radius 1 is 1.60 bits per heavy atom. The summed E-state index contributed by atoms with van der Waals surface area (Å²) >= 11 is 0. The maximum Gasteiger partial charge on any atom is 0.133 e. The Kier molecular flexibility index (Phi) is 2.82. The zero-order valence-electron chi connectivity index (χ0n) is 7.27. The van der Waals surface area contributed by atoms with Gasteiger partial charge in [-0.05, 0) is 12.3 Å². The van der Waals surface area contributed by atoms with Crippen LogP contribution in [-0.2, 0) is 4.79 Å². The summed E-state index contributed by atoms with van der Waals surface area (Å²) in [6.07, 6.45) is 1.83. The topological polar surface area (TPSA) is 17.1 Å². The molecular weight excluding hydrogens is 124 g/mol. The van der Waals surface area contributed by atoms with Crippen LogP contribution in [0.5, 0.6) is 0 Å². The molecule has 1 unspecified atom stereocenters. The normalized spacial score (nSPS) is 14.4. The van der Waals surface area contributed by atoms with Gasteiger partial charge in [0.25, 0.3) is 0 Å². The van der Waals surface area contributed by atoms with E-state index in [2.05, 4.69) is 6.58 Å². The number of allylic oxidation sites excluding steroid dienone is 1. The summed E-state index contributed by atoms with van der Waals surface area (Å²) in [6.45, 7) is 11.3. The standard InChI is InChI=1S/C9H16O/c1-6-9(4,5)7(2)8(3)10/h6-7H,1H2,2-5H3. The van der Waals surface area contributed by atoms with Crippen molar-refractivity contribution in [2.75, 3.05) is 0 Å². The van der Waals surface area contributed by atoms with Gasteiger partial charge in [0.1, 0.15) is 5.78 Å². The Morgan fingerprint density at radius 3 is 2.10 bits per heavy atom. The second-order valence-corrected chi connectivity index (χ2v) is 3.36. The predicted molar refractivity (Wildman–Crippen MR) is 43.8 cm³/mol. The van der Waals surface area contributed by atoms with Crippen LogP contribution in [0.4, 0.5) is 0 Å². The number of hydrogen-bond donors (Lipinski definition) is 0. The molecule has 58 valence electrons. The van der Waals surface area contributed by atoms with Crippen LogP contribution in [0.25, 0.3) is 0 Å². The smallest absolute Gasteiger partial charge is 0.133 e. The van der Waals surface area contributed by atoms with E-state index in [0.29, 0.717) is 0 Å². The molecule has 0 heterocycles. The summed E-state index contributed by atoms with van der Waals surface area (Å²) in [5.41, 5.74) is -0.0637. The van der Waals surface area contributed by atoms with Crippen LogP contribution in [0.1, 0.15) is 27.7 Å². The molecule has 10 heavy (non-hydrogen) atoms. The molecule has 0 aromatic carbocycles. The molecule has 0 aliphatic heterocycles. The molecule has 0 aromatic heterocycles. The molecule has 1 heteroatoms. The van der Waals surface area contributed by atoms with Crippen molar-refractivity contribution in [2.45, 2.75) is 27.7 Å². The largest absolute Gasteiger partial charge is 0.300 e. The molecule has 0 rings (SSSR count). The minimum Gasteiger partial charge on any atom is -0.300 e. The number of hydrogen-bond acceptors (Lipinski definition) is 1. The molecule has 0 amide bonds. The number of Topliss-reactive ketones (excluding diaryl/α,β-unsaturated/α-hetero) is 1. The molecule has 0 radical (unpaired) electrons. The molecule has 0 fully saturated rings. The highest BCUT2D eigenvalue weighted by molar-refractivity contribution is 5.78. The Bertz CT molecular complexity index is 145. The fourth-order valence-electron chi connectivity index (χ4n) is 0.701. The molecule has 1 atom stereocenters.